The van der Waals surface area contributed by atoms with Crippen molar-refractivity contribution in [2.75, 3.05) is 18.9 Å². The number of para-hydroxylation sites is 1. The Balaban J connectivity index is 2.42. The number of benzene rings is 1. The predicted octanol–water partition coefficient (Wildman–Crippen LogP) is 1.18. The molecule has 2 rings (SSSR count). The molecule has 0 aliphatic carbocycles. The SMILES string of the molecule is Nc1cccc2c1OCCOC2. The molecule has 3 nitrogen and oxygen atoms in total. The lowest BCUT2D eigenvalue weighted by molar-refractivity contribution is 0.107. The molecule has 1 aromatic rings. The first-order chi connectivity index (χ1) is 5.88. The van der Waals surface area contributed by atoms with Gasteiger partial charge < -0.3 is 15.2 Å². The summed E-state index contributed by atoms with van der Waals surface area (Å²) in [6, 6.07) is 5.72. The van der Waals surface area contributed by atoms with Crippen LogP contribution in [0.2, 0.25) is 0 Å². The van der Waals surface area contributed by atoms with Crippen LogP contribution in [0.5, 0.6) is 5.75 Å². The fraction of sp³-hybridized carbons (Fsp3) is 0.333. The van der Waals surface area contributed by atoms with Crippen molar-refractivity contribution in [3.63, 3.8) is 0 Å². The quantitative estimate of drug-likeness (QED) is 0.587. The molecule has 0 aromatic heterocycles. The zero-order valence-electron chi connectivity index (χ0n) is 6.75. The van der Waals surface area contributed by atoms with Gasteiger partial charge in [-0.05, 0) is 6.07 Å². The van der Waals surface area contributed by atoms with E-state index in [1.165, 1.54) is 0 Å². The molecule has 1 aromatic carbocycles. The van der Waals surface area contributed by atoms with Crippen molar-refractivity contribution in [2.45, 2.75) is 6.61 Å². The molecule has 0 radical (unpaired) electrons. The molecule has 12 heavy (non-hydrogen) atoms. The predicted molar refractivity (Wildman–Crippen MR) is 46.0 cm³/mol. The lowest BCUT2D eigenvalue weighted by Gasteiger charge is -2.07. The fourth-order valence-electron chi connectivity index (χ4n) is 1.28. The lowest BCUT2D eigenvalue weighted by atomic mass is 10.2. The number of rotatable bonds is 0. The highest BCUT2D eigenvalue weighted by Crippen LogP contribution is 2.28. The van der Waals surface area contributed by atoms with Gasteiger partial charge in [0.2, 0.25) is 0 Å². The Morgan fingerprint density at radius 2 is 2.17 bits per heavy atom. The molecule has 1 aliphatic rings. The van der Waals surface area contributed by atoms with E-state index in [-0.39, 0.29) is 0 Å². The van der Waals surface area contributed by atoms with E-state index in [0.29, 0.717) is 25.5 Å². The van der Waals surface area contributed by atoms with Gasteiger partial charge >= 0.3 is 0 Å². The van der Waals surface area contributed by atoms with Gasteiger partial charge in [-0.1, -0.05) is 12.1 Å². The number of anilines is 1. The van der Waals surface area contributed by atoms with Crippen molar-refractivity contribution in [1.82, 2.24) is 0 Å². The Morgan fingerprint density at radius 3 is 3.08 bits per heavy atom. The number of nitrogens with two attached hydrogens (primary N) is 1. The van der Waals surface area contributed by atoms with Crippen LogP contribution < -0.4 is 10.5 Å². The van der Waals surface area contributed by atoms with Crippen LogP contribution in [0.1, 0.15) is 5.56 Å². The van der Waals surface area contributed by atoms with Crippen LogP contribution in [0.15, 0.2) is 18.2 Å². The maximum atomic E-state index is 5.73. The molecule has 0 saturated carbocycles. The van der Waals surface area contributed by atoms with Gasteiger partial charge in [0.05, 0.1) is 18.9 Å². The van der Waals surface area contributed by atoms with E-state index in [1.807, 2.05) is 18.2 Å². The van der Waals surface area contributed by atoms with Gasteiger partial charge in [-0.3, -0.25) is 0 Å². The molecule has 3 heteroatoms. The van der Waals surface area contributed by atoms with E-state index in [4.69, 9.17) is 15.2 Å². The van der Waals surface area contributed by atoms with Crippen LogP contribution in [0, 0.1) is 0 Å². The number of hydrogen-bond acceptors (Lipinski definition) is 3. The van der Waals surface area contributed by atoms with Gasteiger partial charge in [0.1, 0.15) is 12.4 Å². The molecule has 1 heterocycles. The largest absolute Gasteiger partial charge is 0.489 e. The molecule has 0 atom stereocenters. The van der Waals surface area contributed by atoms with Crippen LogP contribution >= 0.6 is 0 Å². The monoisotopic (exact) mass is 165 g/mol. The number of hydrogen-bond donors (Lipinski definition) is 1. The zero-order chi connectivity index (χ0) is 8.39. The highest BCUT2D eigenvalue weighted by molar-refractivity contribution is 5.56. The van der Waals surface area contributed by atoms with Crippen LogP contribution in [0.25, 0.3) is 0 Å². The first-order valence-corrected chi connectivity index (χ1v) is 3.96. The second kappa shape index (κ2) is 3.03. The molecule has 0 unspecified atom stereocenters. The molecule has 0 spiro atoms. The summed E-state index contributed by atoms with van der Waals surface area (Å²) in [6.07, 6.45) is 0. The van der Waals surface area contributed by atoms with Crippen molar-refractivity contribution >= 4 is 5.69 Å². The highest BCUT2D eigenvalue weighted by atomic mass is 16.5. The summed E-state index contributed by atoms with van der Waals surface area (Å²) in [6.45, 7) is 1.82. The first-order valence-electron chi connectivity index (χ1n) is 3.96. The van der Waals surface area contributed by atoms with Crippen LogP contribution in [0.3, 0.4) is 0 Å². The van der Waals surface area contributed by atoms with Crippen molar-refractivity contribution in [1.29, 1.82) is 0 Å². The molecule has 0 saturated heterocycles. The standard InChI is InChI=1S/C9H11NO2/c10-8-3-1-2-7-6-11-4-5-12-9(7)8/h1-3H,4-6,10H2. The molecule has 0 fully saturated rings. The third kappa shape index (κ3) is 1.23. The smallest absolute Gasteiger partial charge is 0.147 e. The van der Waals surface area contributed by atoms with E-state index >= 15 is 0 Å². The number of fused-ring (bicyclic) bond motifs is 1. The normalized spacial score (nSPS) is 16.0. The van der Waals surface area contributed by atoms with Crippen molar-refractivity contribution in [3.8, 4) is 5.75 Å². The van der Waals surface area contributed by atoms with Crippen molar-refractivity contribution < 1.29 is 9.47 Å². The zero-order valence-corrected chi connectivity index (χ0v) is 6.75. The summed E-state index contributed by atoms with van der Waals surface area (Å²) >= 11 is 0. The minimum Gasteiger partial charge on any atom is -0.489 e. The Morgan fingerprint density at radius 1 is 1.25 bits per heavy atom. The maximum absolute atomic E-state index is 5.73. The van der Waals surface area contributed by atoms with Gasteiger partial charge in [-0.25, -0.2) is 0 Å². The lowest BCUT2D eigenvalue weighted by Crippen LogP contribution is -2.02. The minimum absolute atomic E-state index is 0.585. The third-order valence-electron chi connectivity index (χ3n) is 1.86. The van der Waals surface area contributed by atoms with Crippen LogP contribution in [-0.2, 0) is 11.3 Å². The van der Waals surface area contributed by atoms with Crippen LogP contribution in [-0.4, -0.2) is 13.2 Å². The highest BCUT2D eigenvalue weighted by Gasteiger charge is 2.10. The fourth-order valence-corrected chi connectivity index (χ4v) is 1.28. The Labute approximate surface area is 71.1 Å². The maximum Gasteiger partial charge on any atom is 0.147 e. The van der Waals surface area contributed by atoms with Crippen molar-refractivity contribution in [2.24, 2.45) is 0 Å². The molecular formula is C9H11NO2. The van der Waals surface area contributed by atoms with E-state index in [9.17, 15) is 0 Å². The average molecular weight is 165 g/mol. The molecule has 2 N–H and O–H groups in total. The minimum atomic E-state index is 0.585. The van der Waals surface area contributed by atoms with Gasteiger partial charge in [0.15, 0.2) is 0 Å². The second-order valence-electron chi connectivity index (χ2n) is 2.74. The molecule has 0 bridgehead atoms. The summed E-state index contributed by atoms with van der Waals surface area (Å²) in [5, 5.41) is 0. The molecule has 64 valence electrons. The topological polar surface area (TPSA) is 44.5 Å². The summed E-state index contributed by atoms with van der Waals surface area (Å²) in [4.78, 5) is 0. The summed E-state index contributed by atoms with van der Waals surface area (Å²) in [5.41, 5.74) is 7.46. The number of nitrogen functional groups attached to an aromatic ring is 1. The summed E-state index contributed by atoms with van der Waals surface area (Å²) < 4.78 is 10.7. The molecule has 1 aliphatic heterocycles. The first kappa shape index (κ1) is 7.43. The molecule has 0 amide bonds. The summed E-state index contributed by atoms with van der Waals surface area (Å²) in [7, 11) is 0. The Bertz CT molecular complexity index is 286. The van der Waals surface area contributed by atoms with E-state index < -0.39 is 0 Å². The number of ether oxygens (including phenoxy) is 2. The summed E-state index contributed by atoms with van der Waals surface area (Å²) in [5.74, 6) is 0.787. The Kier molecular flexibility index (Phi) is 1.87. The third-order valence-corrected chi connectivity index (χ3v) is 1.86. The van der Waals surface area contributed by atoms with E-state index in [1.54, 1.807) is 0 Å². The average Bonchev–Trinajstić information content (AvgIpc) is 2.30. The van der Waals surface area contributed by atoms with Gasteiger partial charge in [0.25, 0.3) is 0 Å². The van der Waals surface area contributed by atoms with Crippen LogP contribution in [0.4, 0.5) is 5.69 Å². The van der Waals surface area contributed by atoms with Crippen molar-refractivity contribution in [3.05, 3.63) is 23.8 Å². The Hall–Kier alpha value is -1.22. The van der Waals surface area contributed by atoms with Gasteiger partial charge in [-0.15, -0.1) is 0 Å². The van der Waals surface area contributed by atoms with E-state index in [2.05, 4.69) is 0 Å². The second-order valence-corrected chi connectivity index (χ2v) is 2.74. The van der Waals surface area contributed by atoms with E-state index in [0.717, 1.165) is 11.3 Å². The van der Waals surface area contributed by atoms with Gasteiger partial charge in [0, 0.05) is 5.56 Å². The van der Waals surface area contributed by atoms with Gasteiger partial charge in [-0.2, -0.15) is 0 Å². The molecular weight excluding hydrogens is 154 g/mol.